The number of hydrogen-bond donors (Lipinski definition) is 3. The smallest absolute Gasteiger partial charge is 0.159 e. The minimum absolute atomic E-state index is 0.219. The second kappa shape index (κ2) is 4.57. The summed E-state index contributed by atoms with van der Waals surface area (Å²) in [5.41, 5.74) is 0.480. The van der Waals surface area contributed by atoms with Gasteiger partial charge in [-0.25, -0.2) is 4.98 Å². The Morgan fingerprint density at radius 1 is 1.67 bits per heavy atom. The fourth-order valence-electron chi connectivity index (χ4n) is 0.696. The van der Waals surface area contributed by atoms with Crippen LogP contribution in [-0.2, 0) is 0 Å². The molecule has 1 rings (SSSR count). The van der Waals surface area contributed by atoms with Crippen molar-refractivity contribution < 1.29 is 10.2 Å². The lowest BCUT2D eigenvalue weighted by Crippen LogP contribution is -2.19. The molecule has 0 saturated heterocycles. The van der Waals surface area contributed by atoms with Crippen LogP contribution in [0, 0.1) is 0 Å². The fraction of sp³-hybridized carbons (Fsp3) is 0.500. The Morgan fingerprint density at radius 3 is 2.75 bits per heavy atom. The van der Waals surface area contributed by atoms with E-state index in [0.717, 1.165) is 0 Å². The van der Waals surface area contributed by atoms with E-state index in [2.05, 4.69) is 33.5 Å². The quantitative estimate of drug-likeness (QED) is 0.724. The average molecular weight is 270 g/mol. The van der Waals surface area contributed by atoms with Crippen molar-refractivity contribution in [3.8, 4) is 0 Å². The molecule has 0 spiro atoms. The van der Waals surface area contributed by atoms with Gasteiger partial charge in [0.2, 0.25) is 0 Å². The van der Waals surface area contributed by atoms with E-state index >= 15 is 0 Å². The molecule has 0 aliphatic carbocycles. The van der Waals surface area contributed by atoms with Gasteiger partial charge in [-0.2, -0.15) is 12.6 Å². The van der Waals surface area contributed by atoms with Gasteiger partial charge >= 0.3 is 0 Å². The van der Waals surface area contributed by atoms with Crippen LogP contribution in [0.3, 0.4) is 0 Å². The summed E-state index contributed by atoms with van der Waals surface area (Å²) in [4.78, 5) is 3.97. The Hall–Kier alpha value is 0.380. The van der Waals surface area contributed by atoms with Crippen molar-refractivity contribution in [1.82, 2.24) is 4.98 Å². The zero-order valence-corrected chi connectivity index (χ0v) is 9.31. The molecular formula is C6H8BrNO2S2. The van der Waals surface area contributed by atoms with Crippen LogP contribution in [0.25, 0.3) is 0 Å². The van der Waals surface area contributed by atoms with E-state index < -0.39 is 12.2 Å². The van der Waals surface area contributed by atoms with Gasteiger partial charge in [0.25, 0.3) is 0 Å². The molecule has 0 aromatic carbocycles. The number of rotatable bonds is 3. The summed E-state index contributed by atoms with van der Waals surface area (Å²) in [7, 11) is 0. The molecule has 0 saturated carbocycles. The van der Waals surface area contributed by atoms with E-state index in [1.54, 1.807) is 5.38 Å². The lowest BCUT2D eigenvalue weighted by atomic mass is 10.2. The summed E-state index contributed by atoms with van der Waals surface area (Å²) in [6.45, 7) is 0. The van der Waals surface area contributed by atoms with Crippen LogP contribution in [0.4, 0.5) is 0 Å². The molecule has 1 aromatic heterocycles. The molecule has 1 heterocycles. The first-order valence-electron chi connectivity index (χ1n) is 3.23. The summed E-state index contributed by atoms with van der Waals surface area (Å²) in [6, 6.07) is 0. The molecule has 0 aliphatic heterocycles. The summed E-state index contributed by atoms with van der Waals surface area (Å²) in [5.74, 6) is 0.219. The first kappa shape index (κ1) is 10.5. The van der Waals surface area contributed by atoms with Gasteiger partial charge in [-0.15, -0.1) is 11.3 Å². The lowest BCUT2D eigenvalue weighted by Gasteiger charge is -2.12. The van der Waals surface area contributed by atoms with Crippen LogP contribution in [0.2, 0.25) is 0 Å². The van der Waals surface area contributed by atoms with Crippen LogP contribution < -0.4 is 0 Å². The third-order valence-electron chi connectivity index (χ3n) is 1.35. The Labute approximate surface area is 88.0 Å². The van der Waals surface area contributed by atoms with E-state index in [-0.39, 0.29) is 5.75 Å². The van der Waals surface area contributed by atoms with Crippen molar-refractivity contribution in [1.29, 1.82) is 0 Å². The minimum atomic E-state index is -0.940. The summed E-state index contributed by atoms with van der Waals surface area (Å²) < 4.78 is 0.697. The molecule has 0 radical (unpaired) electrons. The van der Waals surface area contributed by atoms with Gasteiger partial charge in [-0.05, 0) is 15.9 Å². The van der Waals surface area contributed by atoms with Gasteiger partial charge < -0.3 is 10.2 Å². The molecule has 0 aliphatic rings. The van der Waals surface area contributed by atoms with Gasteiger partial charge in [0, 0.05) is 11.1 Å². The third kappa shape index (κ3) is 2.43. The second-order valence-electron chi connectivity index (χ2n) is 2.22. The maximum Gasteiger partial charge on any atom is 0.159 e. The Bertz CT molecular complexity index is 255. The Kier molecular flexibility index (Phi) is 3.98. The normalized spacial score (nSPS) is 16.0. The highest BCUT2D eigenvalue weighted by molar-refractivity contribution is 9.11. The van der Waals surface area contributed by atoms with Crippen molar-refractivity contribution in [2.75, 3.05) is 5.75 Å². The predicted molar refractivity (Wildman–Crippen MR) is 54.6 cm³/mol. The highest BCUT2D eigenvalue weighted by Gasteiger charge is 2.19. The van der Waals surface area contributed by atoms with Crippen LogP contribution in [0.15, 0.2) is 9.30 Å². The van der Waals surface area contributed by atoms with Gasteiger partial charge in [-0.3, -0.25) is 0 Å². The highest BCUT2D eigenvalue weighted by Crippen LogP contribution is 2.23. The SMILES string of the molecule is OC(CS)C(O)c1csc(Br)n1. The zero-order valence-electron chi connectivity index (χ0n) is 6.01. The van der Waals surface area contributed by atoms with Crippen LogP contribution in [0.1, 0.15) is 11.8 Å². The third-order valence-corrected chi connectivity index (χ3v) is 3.11. The summed E-state index contributed by atoms with van der Waals surface area (Å²) >= 11 is 8.40. The maximum absolute atomic E-state index is 9.43. The summed E-state index contributed by atoms with van der Waals surface area (Å²) in [5, 5.41) is 20.3. The monoisotopic (exact) mass is 269 g/mol. The largest absolute Gasteiger partial charge is 0.389 e. The van der Waals surface area contributed by atoms with E-state index in [0.29, 0.717) is 9.61 Å². The lowest BCUT2D eigenvalue weighted by molar-refractivity contribution is 0.0313. The predicted octanol–water partition coefficient (Wildman–Crippen LogP) is 1.23. The number of aromatic nitrogens is 1. The molecule has 12 heavy (non-hydrogen) atoms. The molecule has 2 N–H and O–H groups in total. The Balaban J connectivity index is 2.70. The number of nitrogens with zero attached hydrogens (tertiary/aromatic N) is 1. The van der Waals surface area contributed by atoms with Gasteiger partial charge in [0.1, 0.15) is 6.10 Å². The zero-order chi connectivity index (χ0) is 9.14. The van der Waals surface area contributed by atoms with Crippen molar-refractivity contribution in [2.45, 2.75) is 12.2 Å². The minimum Gasteiger partial charge on any atom is -0.389 e. The second-order valence-corrected chi connectivity index (χ2v) is 4.72. The molecule has 0 amide bonds. The topological polar surface area (TPSA) is 53.4 Å². The molecule has 0 bridgehead atoms. The van der Waals surface area contributed by atoms with Crippen molar-refractivity contribution in [3.05, 3.63) is 15.0 Å². The standard InChI is InChI=1S/C6H8BrNO2S2/c7-6-8-3(2-12-6)5(10)4(9)1-11/h2,4-5,9-11H,1H2. The summed E-state index contributed by atoms with van der Waals surface area (Å²) in [6.07, 6.45) is -1.80. The number of aliphatic hydroxyl groups excluding tert-OH is 2. The van der Waals surface area contributed by atoms with E-state index in [9.17, 15) is 10.2 Å². The van der Waals surface area contributed by atoms with Gasteiger partial charge in [0.05, 0.1) is 11.8 Å². The molecule has 6 heteroatoms. The molecular weight excluding hydrogens is 262 g/mol. The average Bonchev–Trinajstić information content (AvgIpc) is 2.49. The van der Waals surface area contributed by atoms with E-state index in [1.807, 2.05) is 0 Å². The molecule has 68 valence electrons. The van der Waals surface area contributed by atoms with Crippen LogP contribution in [0.5, 0.6) is 0 Å². The van der Waals surface area contributed by atoms with E-state index in [4.69, 9.17) is 0 Å². The molecule has 3 nitrogen and oxygen atoms in total. The molecule has 2 unspecified atom stereocenters. The van der Waals surface area contributed by atoms with Gasteiger partial charge in [-0.1, -0.05) is 0 Å². The van der Waals surface area contributed by atoms with Crippen molar-refractivity contribution in [3.63, 3.8) is 0 Å². The number of halogens is 1. The highest BCUT2D eigenvalue weighted by atomic mass is 79.9. The molecule has 0 fully saturated rings. The number of thiazole rings is 1. The van der Waals surface area contributed by atoms with Crippen LogP contribution >= 0.6 is 39.9 Å². The van der Waals surface area contributed by atoms with Crippen molar-refractivity contribution in [2.24, 2.45) is 0 Å². The molecule has 2 atom stereocenters. The van der Waals surface area contributed by atoms with Crippen molar-refractivity contribution >= 4 is 39.9 Å². The van der Waals surface area contributed by atoms with E-state index in [1.165, 1.54) is 11.3 Å². The maximum atomic E-state index is 9.43. The number of hydrogen-bond acceptors (Lipinski definition) is 5. The molecule has 1 aromatic rings. The van der Waals surface area contributed by atoms with Gasteiger partial charge in [0.15, 0.2) is 3.92 Å². The first-order valence-corrected chi connectivity index (χ1v) is 5.53. The van der Waals surface area contributed by atoms with Crippen LogP contribution in [-0.4, -0.2) is 27.1 Å². The number of thiol groups is 1. The number of aliphatic hydroxyl groups is 2. The Morgan fingerprint density at radius 2 is 2.33 bits per heavy atom. The first-order chi connectivity index (χ1) is 5.65. The fourth-order valence-corrected chi connectivity index (χ4v) is 1.95.